The molecule has 4 aliphatic rings. The fourth-order valence-electron chi connectivity index (χ4n) is 7.09. The molecule has 0 spiro atoms. The Morgan fingerprint density at radius 1 is 1.22 bits per heavy atom. The van der Waals surface area contributed by atoms with Gasteiger partial charge in [-0.3, -0.25) is 4.55 Å². The van der Waals surface area contributed by atoms with Gasteiger partial charge in [0, 0.05) is 5.41 Å². The van der Waals surface area contributed by atoms with Crippen LogP contribution in [0, 0.1) is 41.4 Å². The van der Waals surface area contributed by atoms with Crippen molar-refractivity contribution in [1.82, 2.24) is 0 Å². The fraction of sp³-hybridized carbons (Fsp3) is 0.810. The van der Waals surface area contributed by atoms with Gasteiger partial charge in [-0.1, -0.05) is 30.9 Å². The van der Waals surface area contributed by atoms with Crippen LogP contribution in [0.4, 0.5) is 0 Å². The molecule has 4 rings (SSSR count). The first-order valence-corrected chi connectivity index (χ1v) is 11.5. The molecule has 2 N–H and O–H groups in total. The fourth-order valence-corrected chi connectivity index (χ4v) is 7.60. The normalized spacial score (nSPS) is 47.0. The number of aliphatic hydroxyl groups is 1. The topological polar surface area (TPSA) is 83.8 Å². The van der Waals surface area contributed by atoms with Gasteiger partial charge in [-0.15, -0.1) is 6.42 Å². The largest absolute Gasteiger partial charge is 0.397 e. The average Bonchev–Trinajstić information content (AvgIpc) is 2.85. The molecule has 4 aliphatic carbocycles. The Morgan fingerprint density at radius 2 is 1.96 bits per heavy atom. The molecule has 0 amide bonds. The Labute approximate surface area is 162 Å². The minimum absolute atomic E-state index is 0.208. The first-order chi connectivity index (χ1) is 12.6. The first kappa shape index (κ1) is 19.4. The molecule has 2 fully saturated rings. The van der Waals surface area contributed by atoms with Crippen molar-refractivity contribution >= 4 is 10.4 Å². The van der Waals surface area contributed by atoms with Crippen LogP contribution in [0.1, 0.15) is 65.2 Å². The van der Waals surface area contributed by atoms with Crippen molar-refractivity contribution in [2.45, 2.75) is 76.9 Å². The summed E-state index contributed by atoms with van der Waals surface area (Å²) in [6, 6.07) is 0. The number of terminal acetylenes is 1. The summed E-state index contributed by atoms with van der Waals surface area (Å²) in [7, 11) is -4.40. The van der Waals surface area contributed by atoms with E-state index in [2.05, 4.69) is 19.8 Å². The van der Waals surface area contributed by atoms with Crippen molar-refractivity contribution in [2.24, 2.45) is 29.1 Å². The molecule has 2 saturated carbocycles. The lowest BCUT2D eigenvalue weighted by atomic mass is 9.50. The quantitative estimate of drug-likeness (QED) is 0.425. The molecular weight excluding hydrogens is 364 g/mol. The molecule has 150 valence electrons. The highest BCUT2D eigenvalue weighted by molar-refractivity contribution is 7.80. The van der Waals surface area contributed by atoms with Gasteiger partial charge in [0.2, 0.25) is 0 Å². The molecule has 0 aromatic carbocycles. The summed E-state index contributed by atoms with van der Waals surface area (Å²) < 4.78 is 36.0. The predicted molar refractivity (Wildman–Crippen MR) is 102 cm³/mol. The monoisotopic (exact) mass is 394 g/mol. The van der Waals surface area contributed by atoms with Gasteiger partial charge in [-0.25, -0.2) is 4.18 Å². The van der Waals surface area contributed by atoms with E-state index in [4.69, 9.17) is 15.2 Å². The van der Waals surface area contributed by atoms with E-state index in [1.165, 1.54) is 11.1 Å². The second-order valence-corrected chi connectivity index (χ2v) is 10.5. The average molecular weight is 395 g/mol. The van der Waals surface area contributed by atoms with Gasteiger partial charge in [0.1, 0.15) is 5.60 Å². The molecule has 0 aromatic heterocycles. The number of hydrogen-bond acceptors (Lipinski definition) is 4. The van der Waals surface area contributed by atoms with Crippen LogP contribution in [0.5, 0.6) is 0 Å². The van der Waals surface area contributed by atoms with Gasteiger partial charge < -0.3 is 5.11 Å². The van der Waals surface area contributed by atoms with E-state index >= 15 is 0 Å². The Kier molecular flexibility index (Phi) is 4.55. The number of hydrogen-bond donors (Lipinski definition) is 2. The third-order valence-corrected chi connectivity index (χ3v) is 8.83. The second kappa shape index (κ2) is 6.32. The van der Waals surface area contributed by atoms with Crippen molar-refractivity contribution < 1.29 is 22.3 Å². The number of allylic oxidation sites excluding steroid dienone is 1. The molecule has 0 aromatic rings. The van der Waals surface area contributed by atoms with E-state index in [1.54, 1.807) is 0 Å². The van der Waals surface area contributed by atoms with Crippen LogP contribution in [0.15, 0.2) is 11.1 Å². The molecule has 0 saturated heterocycles. The van der Waals surface area contributed by atoms with Crippen molar-refractivity contribution in [3.8, 4) is 12.3 Å². The maximum atomic E-state index is 11.1. The third-order valence-electron chi connectivity index (χ3n) is 8.32. The Hall–Kier alpha value is -0.870. The molecule has 5 nitrogen and oxygen atoms in total. The number of fused-ring (bicyclic) bond motifs is 4. The smallest absolute Gasteiger partial charge is 0.377 e. The minimum atomic E-state index is -4.40. The summed E-state index contributed by atoms with van der Waals surface area (Å²) in [5.41, 5.74) is 1.63. The highest BCUT2D eigenvalue weighted by atomic mass is 32.3. The van der Waals surface area contributed by atoms with Gasteiger partial charge in [0.25, 0.3) is 0 Å². The standard InChI is InChI=1S/C21H30O5S/c1-4-21(22)10-8-18-19-13(2)11-14-12-15(26-27(23,24)25)5-6-16(14)17(19)7-9-20(18,21)3/h1,13,15,17-19,22H,5-12H2,2-3H3,(H,23,24,25)/t13-,15?,17-,18+,19-,20+,21+/m1/s1. The Bertz CT molecular complexity index is 809. The maximum absolute atomic E-state index is 11.1. The Morgan fingerprint density at radius 3 is 2.63 bits per heavy atom. The van der Waals surface area contributed by atoms with Crippen LogP contribution in [0.3, 0.4) is 0 Å². The van der Waals surface area contributed by atoms with Gasteiger partial charge in [0.05, 0.1) is 6.10 Å². The van der Waals surface area contributed by atoms with Gasteiger partial charge in [0.15, 0.2) is 0 Å². The molecule has 0 heterocycles. The van der Waals surface area contributed by atoms with Gasteiger partial charge in [-0.2, -0.15) is 8.42 Å². The zero-order valence-corrected chi connectivity index (χ0v) is 17.0. The summed E-state index contributed by atoms with van der Waals surface area (Å²) in [4.78, 5) is 0. The lowest BCUT2D eigenvalue weighted by molar-refractivity contribution is -0.0811. The van der Waals surface area contributed by atoms with Crippen molar-refractivity contribution in [1.29, 1.82) is 0 Å². The summed E-state index contributed by atoms with van der Waals surface area (Å²) in [6.07, 6.45) is 12.0. The molecule has 0 radical (unpaired) electrons. The molecule has 7 atom stereocenters. The zero-order chi connectivity index (χ0) is 19.6. The van der Waals surface area contributed by atoms with Crippen LogP contribution in [-0.2, 0) is 14.6 Å². The summed E-state index contributed by atoms with van der Waals surface area (Å²) in [5, 5.41) is 11.1. The summed E-state index contributed by atoms with van der Waals surface area (Å²) in [6.45, 7) is 4.47. The second-order valence-electron chi connectivity index (χ2n) is 9.49. The molecule has 0 aliphatic heterocycles. The van der Waals surface area contributed by atoms with E-state index in [-0.39, 0.29) is 5.41 Å². The van der Waals surface area contributed by atoms with Crippen LogP contribution in [0.25, 0.3) is 0 Å². The third kappa shape index (κ3) is 2.98. The highest BCUT2D eigenvalue weighted by Gasteiger charge is 2.62. The molecule has 0 bridgehead atoms. The molecule has 27 heavy (non-hydrogen) atoms. The zero-order valence-electron chi connectivity index (χ0n) is 16.1. The van der Waals surface area contributed by atoms with Crippen molar-refractivity contribution in [2.75, 3.05) is 0 Å². The van der Waals surface area contributed by atoms with Crippen LogP contribution in [-0.4, -0.2) is 29.8 Å². The predicted octanol–water partition coefficient (Wildman–Crippen LogP) is 3.50. The molecule has 6 heteroatoms. The SMILES string of the molecule is C#C[C@]1(O)CC[C@H]2[C@@H]3[C@H](C)CC4=C(CCC(OS(=O)(=O)O)C4)[C@H]3CC[C@@]21C. The van der Waals surface area contributed by atoms with Crippen molar-refractivity contribution in [3.05, 3.63) is 11.1 Å². The van der Waals surface area contributed by atoms with Crippen LogP contribution >= 0.6 is 0 Å². The summed E-state index contributed by atoms with van der Waals surface area (Å²) >= 11 is 0. The lowest BCUT2D eigenvalue weighted by Crippen LogP contribution is -2.52. The maximum Gasteiger partial charge on any atom is 0.397 e. The number of rotatable bonds is 2. The van der Waals surface area contributed by atoms with Crippen molar-refractivity contribution in [3.63, 3.8) is 0 Å². The minimum Gasteiger partial charge on any atom is -0.377 e. The molecular formula is C21H30O5S. The van der Waals surface area contributed by atoms with Crippen LogP contribution < -0.4 is 0 Å². The first-order valence-electron chi connectivity index (χ1n) is 10.1. The van der Waals surface area contributed by atoms with E-state index in [0.29, 0.717) is 42.9 Å². The van der Waals surface area contributed by atoms with E-state index in [9.17, 15) is 13.5 Å². The van der Waals surface area contributed by atoms with Gasteiger partial charge in [-0.05, 0) is 75.0 Å². The van der Waals surface area contributed by atoms with Gasteiger partial charge >= 0.3 is 10.4 Å². The molecule has 1 unspecified atom stereocenters. The van der Waals surface area contributed by atoms with E-state index < -0.39 is 22.1 Å². The summed E-state index contributed by atoms with van der Waals surface area (Å²) in [5.74, 6) is 4.67. The highest BCUT2D eigenvalue weighted by Crippen LogP contribution is 2.65. The van der Waals surface area contributed by atoms with Crippen LogP contribution in [0.2, 0.25) is 0 Å². The van der Waals surface area contributed by atoms with E-state index in [1.807, 2.05) is 0 Å². The Balaban J connectivity index is 1.61. The lowest BCUT2D eigenvalue weighted by Gasteiger charge is -2.55. The van der Waals surface area contributed by atoms with E-state index in [0.717, 1.165) is 32.1 Å².